The highest BCUT2D eigenvalue weighted by atomic mass is 35.5. The van der Waals surface area contributed by atoms with Crippen LogP contribution in [0.3, 0.4) is 0 Å². The summed E-state index contributed by atoms with van der Waals surface area (Å²) >= 11 is 6.14. The molecule has 6 nitrogen and oxygen atoms in total. The molecule has 2 aromatic rings. The van der Waals surface area contributed by atoms with E-state index in [0.29, 0.717) is 11.5 Å². The van der Waals surface area contributed by atoms with Crippen LogP contribution < -0.4 is 0 Å². The molecule has 2 aromatic carbocycles. The molecule has 0 radical (unpaired) electrons. The van der Waals surface area contributed by atoms with Gasteiger partial charge in [-0.3, -0.25) is 10.1 Å². The SMILES string of the molecule is O=[N+]([O-])c1ccc(S(=O)(=O)N2CCC(Cl)=CC2c2ccccc2)cc1. The van der Waals surface area contributed by atoms with E-state index in [1.807, 2.05) is 30.3 Å². The van der Waals surface area contributed by atoms with Gasteiger partial charge in [0.2, 0.25) is 10.0 Å². The van der Waals surface area contributed by atoms with Crippen molar-refractivity contribution in [2.45, 2.75) is 17.4 Å². The second-order valence-electron chi connectivity index (χ2n) is 5.59. The number of sulfonamides is 1. The Balaban J connectivity index is 2.01. The fourth-order valence-electron chi connectivity index (χ4n) is 2.75. The number of nitro groups is 1. The summed E-state index contributed by atoms with van der Waals surface area (Å²) in [4.78, 5) is 10.2. The zero-order valence-electron chi connectivity index (χ0n) is 13.1. The molecule has 0 amide bonds. The molecule has 1 aliphatic rings. The Morgan fingerprint density at radius 3 is 2.32 bits per heavy atom. The van der Waals surface area contributed by atoms with Gasteiger partial charge in [0.25, 0.3) is 5.69 Å². The fourth-order valence-corrected chi connectivity index (χ4v) is 4.52. The molecule has 1 unspecified atom stereocenters. The Morgan fingerprint density at radius 1 is 1.08 bits per heavy atom. The van der Waals surface area contributed by atoms with Gasteiger partial charge in [0.15, 0.2) is 0 Å². The number of hydrogen-bond donors (Lipinski definition) is 0. The molecule has 130 valence electrons. The summed E-state index contributed by atoms with van der Waals surface area (Å²) in [5.74, 6) is 0. The maximum Gasteiger partial charge on any atom is 0.269 e. The van der Waals surface area contributed by atoms with Crippen LogP contribution >= 0.6 is 11.6 Å². The Labute approximate surface area is 150 Å². The number of benzene rings is 2. The summed E-state index contributed by atoms with van der Waals surface area (Å²) in [6.45, 7) is 0.244. The smallest absolute Gasteiger partial charge is 0.258 e. The molecule has 0 aromatic heterocycles. The second-order valence-corrected chi connectivity index (χ2v) is 7.96. The molecular weight excluding hydrogens is 364 g/mol. The Hall–Kier alpha value is -2.22. The van der Waals surface area contributed by atoms with E-state index in [1.54, 1.807) is 6.08 Å². The highest BCUT2D eigenvalue weighted by Crippen LogP contribution is 2.35. The van der Waals surface area contributed by atoms with Gasteiger partial charge in [0, 0.05) is 23.7 Å². The van der Waals surface area contributed by atoms with Crippen LogP contribution in [0, 0.1) is 10.1 Å². The topological polar surface area (TPSA) is 80.5 Å². The highest BCUT2D eigenvalue weighted by Gasteiger charge is 2.34. The van der Waals surface area contributed by atoms with Crippen molar-refractivity contribution in [1.82, 2.24) is 4.31 Å². The zero-order valence-corrected chi connectivity index (χ0v) is 14.7. The number of rotatable bonds is 4. The number of nitrogens with zero attached hydrogens (tertiary/aromatic N) is 2. The minimum atomic E-state index is -3.82. The summed E-state index contributed by atoms with van der Waals surface area (Å²) in [5, 5.41) is 11.4. The van der Waals surface area contributed by atoms with E-state index in [0.717, 1.165) is 5.56 Å². The third-order valence-corrected chi connectivity index (χ3v) is 6.23. The molecule has 8 heteroatoms. The van der Waals surface area contributed by atoms with Gasteiger partial charge in [-0.25, -0.2) is 8.42 Å². The van der Waals surface area contributed by atoms with Crippen LogP contribution in [0.1, 0.15) is 18.0 Å². The van der Waals surface area contributed by atoms with Gasteiger partial charge in [-0.2, -0.15) is 4.31 Å². The van der Waals surface area contributed by atoms with Crippen LogP contribution in [-0.2, 0) is 10.0 Å². The summed E-state index contributed by atoms with van der Waals surface area (Å²) in [6, 6.07) is 13.6. The number of hydrogen-bond acceptors (Lipinski definition) is 4. The average molecular weight is 379 g/mol. The van der Waals surface area contributed by atoms with Crippen LogP contribution in [0.25, 0.3) is 0 Å². The van der Waals surface area contributed by atoms with Crippen LogP contribution in [0.5, 0.6) is 0 Å². The first-order valence-electron chi connectivity index (χ1n) is 7.57. The summed E-state index contributed by atoms with van der Waals surface area (Å²) < 4.78 is 27.5. The molecule has 0 saturated carbocycles. The van der Waals surface area contributed by atoms with Crippen molar-refractivity contribution in [3.63, 3.8) is 0 Å². The van der Waals surface area contributed by atoms with Crippen molar-refractivity contribution >= 4 is 27.3 Å². The Kier molecular flexibility index (Phi) is 4.89. The van der Waals surface area contributed by atoms with Gasteiger partial charge in [-0.15, -0.1) is 0 Å². The first-order valence-corrected chi connectivity index (χ1v) is 9.39. The van der Waals surface area contributed by atoms with E-state index in [2.05, 4.69) is 0 Å². The van der Waals surface area contributed by atoms with Crippen molar-refractivity contribution in [3.05, 3.63) is 81.4 Å². The normalized spacial score (nSPS) is 18.6. The predicted molar refractivity (Wildman–Crippen MR) is 94.7 cm³/mol. The monoisotopic (exact) mass is 378 g/mol. The van der Waals surface area contributed by atoms with Crippen molar-refractivity contribution in [2.24, 2.45) is 0 Å². The minimum absolute atomic E-state index is 0.0189. The van der Waals surface area contributed by atoms with Gasteiger partial charge in [0.1, 0.15) is 0 Å². The second kappa shape index (κ2) is 6.95. The van der Waals surface area contributed by atoms with Gasteiger partial charge < -0.3 is 0 Å². The van der Waals surface area contributed by atoms with Crippen LogP contribution in [-0.4, -0.2) is 24.2 Å². The van der Waals surface area contributed by atoms with Crippen LogP contribution in [0.2, 0.25) is 0 Å². The largest absolute Gasteiger partial charge is 0.269 e. The minimum Gasteiger partial charge on any atom is -0.258 e. The number of nitro benzene ring substituents is 1. The van der Waals surface area contributed by atoms with Gasteiger partial charge in [0.05, 0.1) is 15.9 Å². The quantitative estimate of drug-likeness (QED) is 0.597. The lowest BCUT2D eigenvalue weighted by atomic mass is 10.0. The summed E-state index contributed by atoms with van der Waals surface area (Å²) in [6.07, 6.45) is 2.15. The molecule has 0 fully saturated rings. The van der Waals surface area contributed by atoms with E-state index < -0.39 is 21.0 Å². The molecule has 0 aliphatic carbocycles. The van der Waals surface area contributed by atoms with Crippen molar-refractivity contribution in [1.29, 1.82) is 0 Å². The molecule has 0 bridgehead atoms. The lowest BCUT2D eigenvalue weighted by Crippen LogP contribution is -2.37. The van der Waals surface area contributed by atoms with Gasteiger partial charge in [-0.1, -0.05) is 41.9 Å². The Morgan fingerprint density at radius 2 is 1.72 bits per heavy atom. The third-order valence-electron chi connectivity index (χ3n) is 4.02. The van der Waals surface area contributed by atoms with Crippen LogP contribution in [0.15, 0.2) is 70.6 Å². The first-order chi connectivity index (χ1) is 11.9. The molecule has 3 rings (SSSR count). The maximum atomic E-state index is 13.0. The highest BCUT2D eigenvalue weighted by molar-refractivity contribution is 7.89. The zero-order chi connectivity index (χ0) is 18.0. The molecule has 0 spiro atoms. The number of halogens is 1. The van der Waals surface area contributed by atoms with Crippen molar-refractivity contribution in [2.75, 3.05) is 6.54 Å². The molecule has 0 N–H and O–H groups in total. The first kappa shape index (κ1) is 17.6. The van der Waals surface area contributed by atoms with Gasteiger partial charge in [-0.05, 0) is 30.2 Å². The molecule has 1 atom stereocenters. The van der Waals surface area contributed by atoms with Crippen molar-refractivity contribution < 1.29 is 13.3 Å². The average Bonchev–Trinajstić information content (AvgIpc) is 2.62. The van der Waals surface area contributed by atoms with E-state index in [4.69, 9.17) is 11.6 Å². The maximum absolute atomic E-state index is 13.0. The molecular formula is C17H15ClN2O4S. The lowest BCUT2D eigenvalue weighted by molar-refractivity contribution is -0.384. The van der Waals surface area contributed by atoms with E-state index >= 15 is 0 Å². The third kappa shape index (κ3) is 3.58. The Bertz CT molecular complexity index is 911. The molecule has 0 saturated heterocycles. The van der Waals surface area contributed by atoms with E-state index in [9.17, 15) is 18.5 Å². The summed E-state index contributed by atoms with van der Waals surface area (Å²) in [7, 11) is -3.82. The van der Waals surface area contributed by atoms with E-state index in [1.165, 1.54) is 28.6 Å². The van der Waals surface area contributed by atoms with Gasteiger partial charge >= 0.3 is 0 Å². The fraction of sp³-hybridized carbons (Fsp3) is 0.176. The standard InChI is InChI=1S/C17H15ClN2O4S/c18-14-10-11-19(17(12-14)13-4-2-1-3-5-13)25(23,24)16-8-6-15(7-9-16)20(21)22/h1-9,12,17H,10-11H2. The lowest BCUT2D eigenvalue weighted by Gasteiger charge is -2.32. The predicted octanol–water partition coefficient (Wildman–Crippen LogP) is 3.85. The molecule has 1 heterocycles. The number of non-ortho nitro benzene ring substituents is 1. The van der Waals surface area contributed by atoms with E-state index in [-0.39, 0.29) is 17.1 Å². The summed E-state index contributed by atoms with van der Waals surface area (Å²) in [5.41, 5.74) is 0.658. The molecule has 1 aliphatic heterocycles. The van der Waals surface area contributed by atoms with Crippen LogP contribution in [0.4, 0.5) is 5.69 Å². The van der Waals surface area contributed by atoms with Crippen molar-refractivity contribution in [3.8, 4) is 0 Å². The molecule has 25 heavy (non-hydrogen) atoms.